The van der Waals surface area contributed by atoms with Crippen LogP contribution in [0, 0.1) is 11.3 Å². The first-order chi connectivity index (χ1) is 9.46. The Bertz CT molecular complexity index is 630. The van der Waals surface area contributed by atoms with E-state index in [9.17, 15) is 13.2 Å². The van der Waals surface area contributed by atoms with E-state index >= 15 is 0 Å². The average molecular weight is 279 g/mol. The van der Waals surface area contributed by atoms with Crippen LogP contribution in [0.5, 0.6) is 17.2 Å². The van der Waals surface area contributed by atoms with Crippen LogP contribution < -0.4 is 9.47 Å². The van der Waals surface area contributed by atoms with Gasteiger partial charge in [-0.05, 0) is 42.5 Å². The standard InChI is InChI=1S/C14H8F3NO2/c15-14(16,17)20-12-6-4-11(5-7-12)19-13-3-1-2-10(8-13)9-18/h1-8H. The minimum atomic E-state index is -4.72. The SMILES string of the molecule is N#Cc1cccc(Oc2ccc(OC(F)(F)F)cc2)c1. The lowest BCUT2D eigenvalue weighted by molar-refractivity contribution is -0.274. The van der Waals surface area contributed by atoms with Crippen LogP contribution in [0.3, 0.4) is 0 Å². The van der Waals surface area contributed by atoms with Crippen molar-refractivity contribution in [2.75, 3.05) is 0 Å². The van der Waals surface area contributed by atoms with Crippen LogP contribution in [0.2, 0.25) is 0 Å². The van der Waals surface area contributed by atoms with Gasteiger partial charge in [-0.2, -0.15) is 5.26 Å². The number of benzene rings is 2. The molecule has 0 aliphatic rings. The van der Waals surface area contributed by atoms with Crippen molar-refractivity contribution in [1.29, 1.82) is 5.26 Å². The van der Waals surface area contributed by atoms with Gasteiger partial charge in [0.1, 0.15) is 17.2 Å². The van der Waals surface area contributed by atoms with Crippen LogP contribution >= 0.6 is 0 Å². The zero-order valence-corrected chi connectivity index (χ0v) is 10.0. The maximum atomic E-state index is 12.0. The highest BCUT2D eigenvalue weighted by Gasteiger charge is 2.30. The van der Waals surface area contributed by atoms with E-state index in [2.05, 4.69) is 4.74 Å². The van der Waals surface area contributed by atoms with Crippen LogP contribution in [0.1, 0.15) is 5.56 Å². The fraction of sp³-hybridized carbons (Fsp3) is 0.0714. The van der Waals surface area contributed by atoms with Gasteiger partial charge in [0.05, 0.1) is 11.6 Å². The van der Waals surface area contributed by atoms with Crippen molar-refractivity contribution in [3.63, 3.8) is 0 Å². The summed E-state index contributed by atoms with van der Waals surface area (Å²) in [6.07, 6.45) is -4.72. The van der Waals surface area contributed by atoms with Crippen molar-refractivity contribution in [1.82, 2.24) is 0 Å². The van der Waals surface area contributed by atoms with Gasteiger partial charge in [0.2, 0.25) is 0 Å². The third-order valence-corrected chi connectivity index (χ3v) is 2.26. The van der Waals surface area contributed by atoms with E-state index in [0.29, 0.717) is 17.1 Å². The van der Waals surface area contributed by atoms with Crippen LogP contribution in [-0.4, -0.2) is 6.36 Å². The van der Waals surface area contributed by atoms with Gasteiger partial charge < -0.3 is 9.47 Å². The molecule has 20 heavy (non-hydrogen) atoms. The van der Waals surface area contributed by atoms with Gasteiger partial charge in [0.15, 0.2) is 0 Å². The van der Waals surface area contributed by atoms with Crippen molar-refractivity contribution in [2.45, 2.75) is 6.36 Å². The second-order valence-corrected chi connectivity index (χ2v) is 3.76. The minimum Gasteiger partial charge on any atom is -0.457 e. The van der Waals surface area contributed by atoms with E-state index in [1.807, 2.05) is 6.07 Å². The molecule has 0 atom stereocenters. The highest BCUT2D eigenvalue weighted by molar-refractivity contribution is 5.40. The highest BCUT2D eigenvalue weighted by atomic mass is 19.4. The number of alkyl halides is 3. The molecular weight excluding hydrogens is 271 g/mol. The normalized spacial score (nSPS) is 10.7. The second-order valence-electron chi connectivity index (χ2n) is 3.76. The molecule has 0 aliphatic carbocycles. The number of halogens is 3. The van der Waals surface area contributed by atoms with E-state index in [4.69, 9.17) is 10.00 Å². The summed E-state index contributed by atoms with van der Waals surface area (Å²) in [6, 6.07) is 13.4. The van der Waals surface area contributed by atoms with Gasteiger partial charge in [-0.1, -0.05) is 6.07 Å². The summed E-state index contributed by atoms with van der Waals surface area (Å²) in [7, 11) is 0. The molecule has 0 unspecified atom stereocenters. The fourth-order valence-corrected chi connectivity index (χ4v) is 1.47. The molecule has 0 fully saturated rings. The number of ether oxygens (including phenoxy) is 2. The Morgan fingerprint density at radius 3 is 2.15 bits per heavy atom. The molecule has 3 nitrogen and oxygen atoms in total. The zero-order valence-electron chi connectivity index (χ0n) is 10.0. The van der Waals surface area contributed by atoms with Gasteiger partial charge >= 0.3 is 6.36 Å². The fourth-order valence-electron chi connectivity index (χ4n) is 1.47. The summed E-state index contributed by atoms with van der Waals surface area (Å²) in [4.78, 5) is 0. The Hall–Kier alpha value is -2.68. The molecule has 0 radical (unpaired) electrons. The smallest absolute Gasteiger partial charge is 0.457 e. The molecule has 0 amide bonds. The Balaban J connectivity index is 2.09. The largest absolute Gasteiger partial charge is 0.573 e. The molecule has 0 N–H and O–H groups in total. The van der Waals surface area contributed by atoms with Gasteiger partial charge in [-0.25, -0.2) is 0 Å². The van der Waals surface area contributed by atoms with Crippen molar-refractivity contribution in [3.05, 3.63) is 54.1 Å². The predicted octanol–water partition coefficient (Wildman–Crippen LogP) is 4.25. The Kier molecular flexibility index (Phi) is 3.80. The molecule has 0 saturated carbocycles. The number of hydrogen-bond acceptors (Lipinski definition) is 3. The summed E-state index contributed by atoms with van der Waals surface area (Å²) in [5, 5.41) is 8.74. The minimum absolute atomic E-state index is 0.323. The second kappa shape index (κ2) is 5.53. The van der Waals surface area contributed by atoms with Crippen molar-refractivity contribution in [2.24, 2.45) is 0 Å². The summed E-state index contributed by atoms with van der Waals surface area (Å²) in [5.41, 5.74) is 0.430. The average Bonchev–Trinajstić information content (AvgIpc) is 2.40. The lowest BCUT2D eigenvalue weighted by Crippen LogP contribution is -2.16. The summed E-state index contributed by atoms with van der Waals surface area (Å²) in [6.45, 7) is 0. The first-order valence-corrected chi connectivity index (χ1v) is 5.50. The monoisotopic (exact) mass is 279 g/mol. The van der Waals surface area contributed by atoms with E-state index in [1.165, 1.54) is 18.2 Å². The molecule has 6 heteroatoms. The van der Waals surface area contributed by atoms with E-state index < -0.39 is 6.36 Å². The number of nitriles is 1. The summed E-state index contributed by atoms with van der Waals surface area (Å²) in [5.74, 6) is 0.443. The van der Waals surface area contributed by atoms with Gasteiger partial charge in [0.25, 0.3) is 0 Å². The van der Waals surface area contributed by atoms with Gasteiger partial charge in [-0.15, -0.1) is 13.2 Å². The van der Waals surface area contributed by atoms with E-state index in [1.54, 1.807) is 18.2 Å². The molecule has 0 spiro atoms. The van der Waals surface area contributed by atoms with Crippen LogP contribution in [-0.2, 0) is 0 Å². The lowest BCUT2D eigenvalue weighted by atomic mass is 10.2. The first-order valence-electron chi connectivity index (χ1n) is 5.50. The molecule has 2 aromatic carbocycles. The summed E-state index contributed by atoms with van der Waals surface area (Å²) < 4.78 is 45.1. The van der Waals surface area contributed by atoms with Crippen LogP contribution in [0.15, 0.2) is 48.5 Å². The van der Waals surface area contributed by atoms with Crippen molar-refractivity contribution < 1.29 is 22.6 Å². The molecule has 102 valence electrons. The van der Waals surface area contributed by atoms with Crippen molar-refractivity contribution >= 4 is 0 Å². The lowest BCUT2D eigenvalue weighted by Gasteiger charge is -2.10. The highest BCUT2D eigenvalue weighted by Crippen LogP contribution is 2.27. The number of nitrogens with zero attached hydrogens (tertiary/aromatic N) is 1. The Morgan fingerprint density at radius 1 is 0.900 bits per heavy atom. The first kappa shape index (κ1) is 13.7. The molecule has 0 saturated heterocycles. The molecule has 0 bridgehead atoms. The quantitative estimate of drug-likeness (QED) is 0.843. The molecule has 2 aromatic rings. The van der Waals surface area contributed by atoms with Crippen molar-refractivity contribution in [3.8, 4) is 23.3 Å². The van der Waals surface area contributed by atoms with Gasteiger partial charge in [0, 0.05) is 0 Å². The molecule has 0 heterocycles. The topological polar surface area (TPSA) is 42.2 Å². The van der Waals surface area contributed by atoms with Crippen LogP contribution in [0.25, 0.3) is 0 Å². The third kappa shape index (κ3) is 3.92. The molecule has 0 aliphatic heterocycles. The molecular formula is C14H8F3NO2. The maximum Gasteiger partial charge on any atom is 0.573 e. The van der Waals surface area contributed by atoms with Crippen LogP contribution in [0.4, 0.5) is 13.2 Å². The van der Waals surface area contributed by atoms with E-state index in [-0.39, 0.29) is 5.75 Å². The molecule has 2 rings (SSSR count). The zero-order chi connectivity index (χ0) is 14.6. The number of hydrogen-bond donors (Lipinski definition) is 0. The van der Waals surface area contributed by atoms with Gasteiger partial charge in [-0.3, -0.25) is 0 Å². The van der Waals surface area contributed by atoms with E-state index in [0.717, 1.165) is 12.1 Å². The number of rotatable bonds is 3. The maximum absolute atomic E-state index is 12.0. The Morgan fingerprint density at radius 2 is 1.55 bits per heavy atom. The molecule has 0 aromatic heterocycles. The summed E-state index contributed by atoms with van der Waals surface area (Å²) >= 11 is 0. The Labute approximate surface area is 112 Å². The third-order valence-electron chi connectivity index (χ3n) is 2.26. The predicted molar refractivity (Wildman–Crippen MR) is 64.4 cm³/mol.